The van der Waals surface area contributed by atoms with Gasteiger partial charge in [-0.3, -0.25) is 4.79 Å². The summed E-state index contributed by atoms with van der Waals surface area (Å²) >= 11 is 0. The molecule has 0 heterocycles. The number of aliphatic hydroxyl groups is 3. The number of unbranched alkanes of at least 4 members (excludes halogenated alkanes) is 47. The van der Waals surface area contributed by atoms with Gasteiger partial charge in [-0.25, -0.2) is 0 Å². The van der Waals surface area contributed by atoms with Crippen molar-refractivity contribution in [3.05, 3.63) is 12.2 Å². The van der Waals surface area contributed by atoms with Crippen molar-refractivity contribution in [1.82, 2.24) is 5.32 Å². The summed E-state index contributed by atoms with van der Waals surface area (Å²) in [6, 6.07) is -0.740. The van der Waals surface area contributed by atoms with Gasteiger partial charge in [-0.1, -0.05) is 328 Å². The fraction of sp³-hybridized carbons (Fsp3) is 0.950. The van der Waals surface area contributed by atoms with Gasteiger partial charge in [0.2, 0.25) is 5.91 Å². The molecule has 0 bridgehead atoms. The molecular formula is C60H119NO4. The Morgan fingerprint density at radius 2 is 0.631 bits per heavy atom. The number of aliphatic hydroxyl groups excluding tert-OH is 3. The molecule has 0 aromatic rings. The van der Waals surface area contributed by atoms with Crippen molar-refractivity contribution < 1.29 is 20.1 Å². The first-order valence-electron chi connectivity index (χ1n) is 30.0. The number of nitrogens with one attached hydrogen (secondary N) is 1. The molecule has 0 aliphatic rings. The Hall–Kier alpha value is -0.910. The zero-order valence-electron chi connectivity index (χ0n) is 44.4. The number of rotatable bonds is 56. The summed E-state index contributed by atoms with van der Waals surface area (Å²) in [4.78, 5) is 12.5. The monoisotopic (exact) mass is 918 g/mol. The van der Waals surface area contributed by atoms with Crippen molar-refractivity contribution in [3.8, 4) is 0 Å². The van der Waals surface area contributed by atoms with E-state index in [4.69, 9.17) is 0 Å². The van der Waals surface area contributed by atoms with Crippen molar-refractivity contribution >= 4 is 5.91 Å². The fourth-order valence-corrected chi connectivity index (χ4v) is 9.76. The highest BCUT2D eigenvalue weighted by atomic mass is 16.3. The van der Waals surface area contributed by atoms with Crippen LogP contribution in [0.25, 0.3) is 0 Å². The Morgan fingerprint density at radius 1 is 0.385 bits per heavy atom. The van der Waals surface area contributed by atoms with Gasteiger partial charge < -0.3 is 20.6 Å². The van der Waals surface area contributed by atoms with Gasteiger partial charge in [-0.2, -0.15) is 0 Å². The van der Waals surface area contributed by atoms with E-state index in [1.54, 1.807) is 6.08 Å². The second-order valence-electron chi connectivity index (χ2n) is 21.0. The lowest BCUT2D eigenvalue weighted by atomic mass is 10.0. The first-order chi connectivity index (χ1) is 32.0. The van der Waals surface area contributed by atoms with Gasteiger partial charge in [0.1, 0.15) is 0 Å². The number of carbonyl (C=O) groups excluding carboxylic acids is 1. The van der Waals surface area contributed by atoms with Crippen LogP contribution < -0.4 is 5.32 Å². The standard InChI is InChI=1S/C60H119NO4/c1-3-5-7-9-11-13-15-17-19-20-21-22-23-24-25-26-27-28-29-30-31-32-33-34-35-36-37-38-40-41-43-45-47-49-51-53-57(63)55-60(65)61-58(56-62)59(64)54-52-50-48-46-44-42-39-18-16-14-12-10-8-6-4-2/h52,54,57-59,62-64H,3-51,53,55-56H2,1-2H3,(H,61,65)/b54-52+. The molecule has 4 N–H and O–H groups in total. The third-order valence-electron chi connectivity index (χ3n) is 14.3. The third kappa shape index (κ3) is 52.3. The second kappa shape index (κ2) is 55.7. The number of hydrogen-bond donors (Lipinski definition) is 4. The first-order valence-corrected chi connectivity index (χ1v) is 30.0. The van der Waals surface area contributed by atoms with Gasteiger partial charge in [-0.15, -0.1) is 0 Å². The maximum absolute atomic E-state index is 12.5. The minimum absolute atomic E-state index is 0.0194. The topological polar surface area (TPSA) is 89.8 Å². The Balaban J connectivity index is 3.43. The van der Waals surface area contributed by atoms with Gasteiger partial charge in [0.05, 0.1) is 31.3 Å². The van der Waals surface area contributed by atoms with Crippen LogP contribution >= 0.6 is 0 Å². The number of allylic oxidation sites excluding steroid dienone is 1. The highest BCUT2D eigenvalue weighted by molar-refractivity contribution is 5.76. The zero-order valence-corrected chi connectivity index (χ0v) is 44.4. The zero-order chi connectivity index (χ0) is 47.2. The average molecular weight is 919 g/mol. The van der Waals surface area contributed by atoms with E-state index >= 15 is 0 Å². The molecule has 0 radical (unpaired) electrons. The highest BCUT2D eigenvalue weighted by Crippen LogP contribution is 2.19. The molecule has 0 aliphatic heterocycles. The molecule has 3 unspecified atom stereocenters. The van der Waals surface area contributed by atoms with Crippen LogP contribution in [-0.4, -0.2) is 46.1 Å². The summed E-state index contributed by atoms with van der Waals surface area (Å²) < 4.78 is 0. The summed E-state index contributed by atoms with van der Waals surface area (Å²) in [6.07, 6.45) is 70.0. The second-order valence-corrected chi connectivity index (χ2v) is 21.0. The summed E-state index contributed by atoms with van der Waals surface area (Å²) in [7, 11) is 0. The molecular weight excluding hydrogens is 799 g/mol. The summed E-state index contributed by atoms with van der Waals surface area (Å²) in [6.45, 7) is 4.25. The minimum atomic E-state index is -0.925. The molecule has 65 heavy (non-hydrogen) atoms. The van der Waals surface area contributed by atoms with E-state index in [0.29, 0.717) is 6.42 Å². The Labute approximate surface area is 408 Å². The molecule has 0 aliphatic carbocycles. The van der Waals surface area contributed by atoms with Crippen molar-refractivity contribution in [2.45, 2.75) is 360 Å². The van der Waals surface area contributed by atoms with Crippen LogP contribution in [-0.2, 0) is 4.79 Å². The lowest BCUT2D eigenvalue weighted by molar-refractivity contribution is -0.124. The maximum Gasteiger partial charge on any atom is 0.222 e. The largest absolute Gasteiger partial charge is 0.394 e. The smallest absolute Gasteiger partial charge is 0.222 e. The van der Waals surface area contributed by atoms with Gasteiger partial charge in [0.15, 0.2) is 0 Å². The molecule has 5 heteroatoms. The summed E-state index contributed by atoms with van der Waals surface area (Å²) in [5, 5.41) is 33.4. The molecule has 0 aromatic carbocycles. The third-order valence-corrected chi connectivity index (χ3v) is 14.3. The van der Waals surface area contributed by atoms with Crippen LogP contribution in [0.2, 0.25) is 0 Å². The van der Waals surface area contributed by atoms with Crippen molar-refractivity contribution in [2.24, 2.45) is 0 Å². The number of carbonyl (C=O) groups is 1. The molecule has 3 atom stereocenters. The van der Waals surface area contributed by atoms with E-state index in [9.17, 15) is 20.1 Å². The summed E-state index contributed by atoms with van der Waals surface area (Å²) in [5.41, 5.74) is 0. The van der Waals surface area contributed by atoms with Gasteiger partial charge in [-0.05, 0) is 19.3 Å². The molecule has 0 aromatic heterocycles. The normalized spacial score (nSPS) is 13.2. The Morgan fingerprint density at radius 3 is 0.892 bits per heavy atom. The quantitative estimate of drug-likeness (QED) is 0.0361. The van der Waals surface area contributed by atoms with Crippen LogP contribution in [0.1, 0.15) is 341 Å². The van der Waals surface area contributed by atoms with E-state index < -0.39 is 18.2 Å². The molecule has 5 nitrogen and oxygen atoms in total. The van der Waals surface area contributed by atoms with Gasteiger partial charge >= 0.3 is 0 Å². The predicted molar refractivity (Wildman–Crippen MR) is 287 cm³/mol. The Bertz CT molecular complexity index is 925. The van der Waals surface area contributed by atoms with Crippen molar-refractivity contribution in [1.29, 1.82) is 0 Å². The summed E-state index contributed by atoms with van der Waals surface area (Å²) in [5.74, 6) is -0.309. The van der Waals surface area contributed by atoms with Gasteiger partial charge in [0.25, 0.3) is 0 Å². The molecule has 388 valence electrons. The van der Waals surface area contributed by atoms with Crippen LogP contribution in [0, 0.1) is 0 Å². The van der Waals surface area contributed by atoms with Crippen LogP contribution in [0.5, 0.6) is 0 Å². The van der Waals surface area contributed by atoms with E-state index in [1.807, 2.05) is 6.08 Å². The average Bonchev–Trinajstić information content (AvgIpc) is 3.30. The maximum atomic E-state index is 12.5. The lowest BCUT2D eigenvalue weighted by Gasteiger charge is -2.21. The Kier molecular flexibility index (Phi) is 54.9. The van der Waals surface area contributed by atoms with Crippen molar-refractivity contribution in [2.75, 3.05) is 6.61 Å². The SMILES string of the molecule is CCCCCCCCCCCCCCC/C=C/C(O)C(CO)NC(=O)CC(O)CCCCCCCCCCCCCCCCCCCCCCCCCCCCCCCCCCCCC. The fourth-order valence-electron chi connectivity index (χ4n) is 9.76. The molecule has 0 rings (SSSR count). The van der Waals surface area contributed by atoms with E-state index in [-0.39, 0.29) is 18.9 Å². The van der Waals surface area contributed by atoms with Crippen LogP contribution in [0.4, 0.5) is 0 Å². The molecule has 0 fully saturated rings. The van der Waals surface area contributed by atoms with Crippen LogP contribution in [0.3, 0.4) is 0 Å². The predicted octanol–water partition coefficient (Wildman–Crippen LogP) is 18.7. The van der Waals surface area contributed by atoms with Crippen LogP contribution in [0.15, 0.2) is 12.2 Å². The van der Waals surface area contributed by atoms with E-state index in [1.165, 1.54) is 289 Å². The molecule has 0 saturated heterocycles. The minimum Gasteiger partial charge on any atom is -0.394 e. The van der Waals surface area contributed by atoms with E-state index in [0.717, 1.165) is 25.7 Å². The number of hydrogen-bond acceptors (Lipinski definition) is 4. The van der Waals surface area contributed by atoms with Gasteiger partial charge in [0, 0.05) is 0 Å². The molecule has 0 spiro atoms. The highest BCUT2D eigenvalue weighted by Gasteiger charge is 2.20. The van der Waals surface area contributed by atoms with Crippen molar-refractivity contribution in [3.63, 3.8) is 0 Å². The molecule has 0 saturated carbocycles. The molecule has 1 amide bonds. The first kappa shape index (κ1) is 64.1. The van der Waals surface area contributed by atoms with E-state index in [2.05, 4.69) is 19.2 Å². The lowest BCUT2D eigenvalue weighted by Crippen LogP contribution is -2.45. The number of amides is 1.